The van der Waals surface area contributed by atoms with E-state index < -0.39 is 0 Å². The molecule has 0 radical (unpaired) electrons. The summed E-state index contributed by atoms with van der Waals surface area (Å²) in [4.78, 5) is 14.2. The summed E-state index contributed by atoms with van der Waals surface area (Å²) >= 11 is 6.22. The fourth-order valence-corrected chi connectivity index (χ4v) is 3.16. The van der Waals surface area contributed by atoms with Gasteiger partial charge in [-0.3, -0.25) is 4.79 Å². The van der Waals surface area contributed by atoms with E-state index in [1.807, 2.05) is 21.0 Å². The Kier molecular flexibility index (Phi) is 5.05. The van der Waals surface area contributed by atoms with Gasteiger partial charge in [0, 0.05) is 25.7 Å². The standard InChI is InChI=1S/C14H23ClN4O/c1-4-19-14(20)13(15)12(9-17-19)18(3)11-7-5-10(16-2)6-8-11/h9-11,16H,4-8H2,1-3H3. The van der Waals surface area contributed by atoms with Crippen LogP contribution in [0.25, 0.3) is 0 Å². The molecule has 1 saturated carbocycles. The van der Waals surface area contributed by atoms with E-state index in [0.29, 0.717) is 18.6 Å². The van der Waals surface area contributed by atoms with E-state index in [1.165, 1.54) is 4.68 Å². The first-order chi connectivity index (χ1) is 9.58. The molecule has 1 aliphatic carbocycles. The summed E-state index contributed by atoms with van der Waals surface area (Å²) < 4.78 is 1.39. The lowest BCUT2D eigenvalue weighted by molar-refractivity contribution is 0.351. The summed E-state index contributed by atoms with van der Waals surface area (Å²) in [6.07, 6.45) is 6.23. The van der Waals surface area contributed by atoms with E-state index >= 15 is 0 Å². The molecule has 1 aliphatic rings. The molecule has 1 heterocycles. The van der Waals surface area contributed by atoms with Gasteiger partial charge in [-0.15, -0.1) is 0 Å². The van der Waals surface area contributed by atoms with Crippen LogP contribution < -0.4 is 15.8 Å². The average Bonchev–Trinajstić information content (AvgIpc) is 2.49. The minimum Gasteiger partial charge on any atom is -0.369 e. The molecule has 0 saturated heterocycles. The maximum absolute atomic E-state index is 12.0. The molecule has 0 unspecified atom stereocenters. The lowest BCUT2D eigenvalue weighted by Crippen LogP contribution is -2.40. The molecule has 1 N–H and O–H groups in total. The topological polar surface area (TPSA) is 50.2 Å². The van der Waals surface area contributed by atoms with Crippen molar-refractivity contribution < 1.29 is 0 Å². The Balaban J connectivity index is 2.16. The van der Waals surface area contributed by atoms with Gasteiger partial charge in [0.15, 0.2) is 0 Å². The first kappa shape index (κ1) is 15.3. The molecule has 0 atom stereocenters. The number of rotatable bonds is 4. The van der Waals surface area contributed by atoms with Gasteiger partial charge >= 0.3 is 0 Å². The Morgan fingerprint density at radius 1 is 1.45 bits per heavy atom. The van der Waals surface area contributed by atoms with Gasteiger partial charge in [0.1, 0.15) is 5.02 Å². The van der Waals surface area contributed by atoms with E-state index in [2.05, 4.69) is 15.3 Å². The van der Waals surface area contributed by atoms with Crippen molar-refractivity contribution in [2.45, 2.75) is 51.2 Å². The maximum Gasteiger partial charge on any atom is 0.287 e. The van der Waals surface area contributed by atoms with Gasteiger partial charge < -0.3 is 10.2 Å². The largest absolute Gasteiger partial charge is 0.369 e. The number of nitrogens with one attached hydrogen (secondary N) is 1. The second kappa shape index (κ2) is 6.59. The van der Waals surface area contributed by atoms with Crippen molar-refractivity contribution in [2.75, 3.05) is 19.0 Å². The summed E-state index contributed by atoms with van der Waals surface area (Å²) in [5, 5.41) is 7.78. The lowest BCUT2D eigenvalue weighted by Gasteiger charge is -2.36. The van der Waals surface area contributed by atoms with Crippen LogP contribution in [0.1, 0.15) is 32.6 Å². The van der Waals surface area contributed by atoms with Crippen molar-refractivity contribution in [3.05, 3.63) is 21.6 Å². The van der Waals surface area contributed by atoms with Crippen LogP contribution in [0, 0.1) is 0 Å². The molecule has 112 valence electrons. The van der Waals surface area contributed by atoms with E-state index in [1.54, 1.807) is 6.20 Å². The average molecular weight is 299 g/mol. The van der Waals surface area contributed by atoms with E-state index in [4.69, 9.17) is 11.6 Å². The first-order valence-electron chi connectivity index (χ1n) is 7.24. The number of nitrogens with zero attached hydrogens (tertiary/aromatic N) is 3. The maximum atomic E-state index is 12.0. The molecule has 0 bridgehead atoms. The second-order valence-corrected chi connectivity index (χ2v) is 5.75. The molecule has 1 aromatic rings. The van der Waals surface area contributed by atoms with Crippen LogP contribution in [-0.2, 0) is 6.54 Å². The Labute approximate surface area is 124 Å². The molecule has 20 heavy (non-hydrogen) atoms. The highest BCUT2D eigenvalue weighted by Gasteiger charge is 2.25. The van der Waals surface area contributed by atoms with Gasteiger partial charge in [0.05, 0.1) is 11.9 Å². The van der Waals surface area contributed by atoms with Gasteiger partial charge in [0.2, 0.25) is 0 Å². The summed E-state index contributed by atoms with van der Waals surface area (Å²) in [7, 11) is 4.02. The molecular formula is C14H23ClN4O. The van der Waals surface area contributed by atoms with Crippen LogP contribution in [0.15, 0.2) is 11.0 Å². The van der Waals surface area contributed by atoms with Crippen molar-refractivity contribution in [1.82, 2.24) is 15.1 Å². The quantitative estimate of drug-likeness (QED) is 0.922. The van der Waals surface area contributed by atoms with Crippen molar-refractivity contribution in [3.63, 3.8) is 0 Å². The van der Waals surface area contributed by atoms with E-state index in [9.17, 15) is 4.79 Å². The third-order valence-corrected chi connectivity index (χ3v) is 4.65. The normalized spacial score (nSPS) is 22.8. The zero-order valence-corrected chi connectivity index (χ0v) is 13.2. The third kappa shape index (κ3) is 2.99. The third-order valence-electron chi connectivity index (χ3n) is 4.30. The fraction of sp³-hybridized carbons (Fsp3) is 0.714. The highest BCUT2D eigenvalue weighted by Crippen LogP contribution is 2.28. The Bertz CT molecular complexity index is 508. The smallest absolute Gasteiger partial charge is 0.287 e. The molecule has 0 amide bonds. The van der Waals surface area contributed by atoms with Crippen LogP contribution in [0.5, 0.6) is 0 Å². The van der Waals surface area contributed by atoms with Gasteiger partial charge in [0.25, 0.3) is 5.56 Å². The minimum absolute atomic E-state index is 0.206. The molecule has 6 heteroatoms. The zero-order chi connectivity index (χ0) is 14.7. The van der Waals surface area contributed by atoms with Crippen molar-refractivity contribution >= 4 is 17.3 Å². The number of hydrogen-bond acceptors (Lipinski definition) is 4. The number of hydrogen-bond donors (Lipinski definition) is 1. The van der Waals surface area contributed by atoms with Gasteiger partial charge in [-0.1, -0.05) is 11.6 Å². The summed E-state index contributed by atoms with van der Waals surface area (Å²) in [5.74, 6) is 0. The molecule has 5 nitrogen and oxygen atoms in total. The van der Waals surface area contributed by atoms with E-state index in [0.717, 1.165) is 31.4 Å². The lowest BCUT2D eigenvalue weighted by atomic mass is 9.90. The van der Waals surface area contributed by atoms with Gasteiger partial charge in [-0.05, 0) is 39.7 Å². The van der Waals surface area contributed by atoms with Crippen LogP contribution in [0.3, 0.4) is 0 Å². The molecule has 0 spiro atoms. The number of halogens is 1. The van der Waals surface area contributed by atoms with Crippen molar-refractivity contribution in [1.29, 1.82) is 0 Å². The Hall–Kier alpha value is -1.07. The minimum atomic E-state index is -0.206. The van der Waals surface area contributed by atoms with Crippen LogP contribution in [-0.4, -0.2) is 36.0 Å². The summed E-state index contributed by atoms with van der Waals surface area (Å²) in [5.41, 5.74) is 0.539. The number of aryl methyl sites for hydroxylation is 1. The Morgan fingerprint density at radius 2 is 2.10 bits per heavy atom. The van der Waals surface area contributed by atoms with E-state index in [-0.39, 0.29) is 10.6 Å². The summed E-state index contributed by atoms with van der Waals surface area (Å²) in [6, 6.07) is 1.04. The molecule has 1 fully saturated rings. The molecular weight excluding hydrogens is 276 g/mol. The fourth-order valence-electron chi connectivity index (χ4n) is 2.88. The predicted octanol–water partition coefficient (Wildman–Crippen LogP) is 1.88. The molecule has 0 aromatic carbocycles. The predicted molar refractivity (Wildman–Crippen MR) is 82.7 cm³/mol. The van der Waals surface area contributed by atoms with Crippen molar-refractivity contribution in [2.24, 2.45) is 0 Å². The summed E-state index contributed by atoms with van der Waals surface area (Å²) in [6.45, 7) is 2.42. The van der Waals surface area contributed by atoms with Gasteiger partial charge in [-0.2, -0.15) is 5.10 Å². The molecule has 2 rings (SSSR count). The molecule has 0 aliphatic heterocycles. The number of aromatic nitrogens is 2. The SMILES string of the molecule is CCn1ncc(N(C)C2CCC(NC)CC2)c(Cl)c1=O. The monoisotopic (exact) mass is 298 g/mol. The Morgan fingerprint density at radius 3 is 2.65 bits per heavy atom. The zero-order valence-electron chi connectivity index (χ0n) is 12.4. The second-order valence-electron chi connectivity index (χ2n) is 5.37. The van der Waals surface area contributed by atoms with Crippen LogP contribution >= 0.6 is 11.6 Å². The first-order valence-corrected chi connectivity index (χ1v) is 7.62. The van der Waals surface area contributed by atoms with Crippen LogP contribution in [0.4, 0.5) is 5.69 Å². The number of anilines is 1. The highest BCUT2D eigenvalue weighted by atomic mass is 35.5. The highest BCUT2D eigenvalue weighted by molar-refractivity contribution is 6.33. The van der Waals surface area contributed by atoms with Crippen molar-refractivity contribution in [3.8, 4) is 0 Å². The van der Waals surface area contributed by atoms with Gasteiger partial charge in [-0.25, -0.2) is 4.68 Å². The van der Waals surface area contributed by atoms with Crippen LogP contribution in [0.2, 0.25) is 5.02 Å². The molecule has 1 aromatic heterocycles.